The molecule has 0 saturated heterocycles. The van der Waals surface area contributed by atoms with Gasteiger partial charge in [-0.25, -0.2) is 4.98 Å². The quantitative estimate of drug-likeness (QED) is 0.166. The van der Waals surface area contributed by atoms with E-state index in [9.17, 15) is 5.48 Å². The molecular weight excluding hydrogens is 629 g/mol. The fourth-order valence-corrected chi connectivity index (χ4v) is 8.34. The zero-order valence-electron chi connectivity index (χ0n) is 37.1. The molecule has 1 aliphatic carbocycles. The number of fused-ring (bicyclic) bond motifs is 6. The molecule has 0 atom stereocenters. The molecule has 0 radical (unpaired) electrons. The van der Waals surface area contributed by atoms with Gasteiger partial charge in [0.25, 0.3) is 0 Å². The predicted molar refractivity (Wildman–Crippen MR) is 219 cm³/mol. The molecule has 0 fully saturated rings. The standard InChI is InChI=1S/C50H38N2/c1-4-47-51-45-25-11-12-26-46(45)52(47)36-18-14-16-33(30-36)32-15-13-17-34(29-32)48-39-20-5-7-22-41(39)49(42-23-8-6-21-40(42)48)35-27-28-38-37-19-9-10-24-43(37)50(2,3)44(38)31-35/h5-31H,4H2,1-3H3/i5D,6D,7D,8D,20D,21D,22D,23D. The van der Waals surface area contributed by atoms with Gasteiger partial charge in [-0.1, -0.05) is 148 Å². The summed E-state index contributed by atoms with van der Waals surface area (Å²) in [5.41, 5.74) is 10.4. The number of benzene rings is 8. The molecule has 0 bridgehead atoms. The minimum absolute atomic E-state index is 0.194. The van der Waals surface area contributed by atoms with Gasteiger partial charge >= 0.3 is 0 Å². The molecule has 248 valence electrons. The van der Waals surface area contributed by atoms with E-state index in [0.717, 1.165) is 56.8 Å². The largest absolute Gasteiger partial charge is 0.296 e. The fourth-order valence-electron chi connectivity index (χ4n) is 8.34. The van der Waals surface area contributed by atoms with E-state index >= 15 is 0 Å². The second-order valence-electron chi connectivity index (χ2n) is 14.0. The van der Waals surface area contributed by atoms with E-state index in [1.54, 1.807) is 0 Å². The predicted octanol–water partition coefficient (Wildman–Crippen LogP) is 13.2. The van der Waals surface area contributed by atoms with Crippen LogP contribution in [0.15, 0.2) is 164 Å². The van der Waals surface area contributed by atoms with Crippen LogP contribution in [0.3, 0.4) is 0 Å². The van der Waals surface area contributed by atoms with Crippen LogP contribution in [0.1, 0.15) is 48.7 Å². The van der Waals surface area contributed by atoms with Crippen LogP contribution in [0.2, 0.25) is 0 Å². The van der Waals surface area contributed by atoms with Crippen LogP contribution in [-0.2, 0) is 11.8 Å². The van der Waals surface area contributed by atoms with Crippen molar-refractivity contribution in [1.29, 1.82) is 0 Å². The number of hydrogen-bond donors (Lipinski definition) is 0. The Morgan fingerprint density at radius 2 is 1.13 bits per heavy atom. The highest BCUT2D eigenvalue weighted by Gasteiger charge is 2.35. The molecule has 2 heteroatoms. The average Bonchev–Trinajstić information content (AvgIpc) is 3.76. The highest BCUT2D eigenvalue weighted by Crippen LogP contribution is 2.51. The summed E-state index contributed by atoms with van der Waals surface area (Å²) in [6, 6.07) is 35.3. The van der Waals surface area contributed by atoms with Crippen molar-refractivity contribution in [2.45, 2.75) is 32.6 Å². The topological polar surface area (TPSA) is 17.8 Å². The van der Waals surface area contributed by atoms with E-state index < -0.39 is 29.6 Å². The Hall–Kier alpha value is -6.25. The van der Waals surface area contributed by atoms with Crippen LogP contribution in [-0.4, -0.2) is 9.55 Å². The maximum atomic E-state index is 9.48. The lowest BCUT2D eigenvalue weighted by atomic mass is 9.80. The highest BCUT2D eigenvalue weighted by molar-refractivity contribution is 6.21. The molecule has 1 heterocycles. The van der Waals surface area contributed by atoms with Crippen molar-refractivity contribution in [3.8, 4) is 50.2 Å². The zero-order valence-corrected chi connectivity index (χ0v) is 29.1. The first kappa shape index (κ1) is 23.3. The van der Waals surface area contributed by atoms with Crippen LogP contribution in [0, 0.1) is 0 Å². The summed E-state index contributed by atoms with van der Waals surface area (Å²) in [5, 5.41) is 0.793. The number of nitrogens with zero attached hydrogens (tertiary/aromatic N) is 2. The van der Waals surface area contributed by atoms with Gasteiger partial charge in [0.15, 0.2) is 0 Å². The number of imidazole rings is 1. The number of rotatable bonds is 5. The molecule has 0 aliphatic heterocycles. The zero-order chi connectivity index (χ0) is 41.9. The molecule has 0 N–H and O–H groups in total. The minimum Gasteiger partial charge on any atom is -0.296 e. The van der Waals surface area contributed by atoms with Crippen LogP contribution in [0.5, 0.6) is 0 Å². The third kappa shape index (κ3) is 4.54. The first-order chi connectivity index (χ1) is 28.8. The van der Waals surface area contributed by atoms with Gasteiger partial charge in [-0.2, -0.15) is 0 Å². The fraction of sp³-hybridized carbons (Fsp3) is 0.100. The average molecular weight is 675 g/mol. The Morgan fingerprint density at radius 1 is 0.558 bits per heavy atom. The summed E-state index contributed by atoms with van der Waals surface area (Å²) in [4.78, 5) is 4.88. The first-order valence-electron chi connectivity index (χ1n) is 21.7. The van der Waals surface area contributed by atoms with Crippen molar-refractivity contribution in [3.63, 3.8) is 0 Å². The SMILES string of the molecule is [2H]c1c([2H])c([2H])c2c(-c3ccc4c(c3)C(C)(C)c3ccccc3-4)c3c([2H])c([2H])c([2H])c([2H])c3c(-c3cccc(-c4cccc(-n5c(CC)nc6ccccc65)c4)c3)c2c1[2H]. The number of aryl methyl sites for hydroxylation is 1. The van der Waals surface area contributed by atoms with Crippen molar-refractivity contribution in [2.75, 3.05) is 0 Å². The lowest BCUT2D eigenvalue weighted by Crippen LogP contribution is -2.14. The summed E-state index contributed by atoms with van der Waals surface area (Å²) in [7, 11) is 0. The van der Waals surface area contributed by atoms with Gasteiger partial charge in [0.2, 0.25) is 0 Å². The van der Waals surface area contributed by atoms with E-state index in [0.29, 0.717) is 22.3 Å². The molecule has 10 rings (SSSR count). The highest BCUT2D eigenvalue weighted by atomic mass is 15.1. The Labute approximate surface area is 315 Å². The number of para-hydroxylation sites is 2. The Kier molecular flexibility index (Phi) is 5.21. The molecule has 2 nitrogen and oxygen atoms in total. The van der Waals surface area contributed by atoms with Crippen molar-refractivity contribution in [2.24, 2.45) is 0 Å². The van der Waals surface area contributed by atoms with E-state index in [2.05, 4.69) is 49.6 Å². The maximum Gasteiger partial charge on any atom is 0.114 e. The normalized spacial score (nSPS) is 15.3. The number of hydrogen-bond acceptors (Lipinski definition) is 1. The summed E-state index contributed by atoms with van der Waals surface area (Å²) in [6.45, 7) is 6.39. The van der Waals surface area contributed by atoms with Gasteiger partial charge in [-0.3, -0.25) is 4.57 Å². The van der Waals surface area contributed by atoms with Crippen LogP contribution >= 0.6 is 0 Å². The molecule has 1 aromatic heterocycles. The van der Waals surface area contributed by atoms with Gasteiger partial charge in [0, 0.05) is 17.5 Å². The lowest BCUT2D eigenvalue weighted by Gasteiger charge is -2.23. The molecule has 9 aromatic rings. The van der Waals surface area contributed by atoms with Crippen molar-refractivity contribution >= 4 is 32.6 Å². The minimum atomic E-state index is -0.423. The molecule has 0 unspecified atom stereocenters. The molecule has 0 spiro atoms. The Morgan fingerprint density at radius 3 is 1.85 bits per heavy atom. The van der Waals surface area contributed by atoms with E-state index in [-0.39, 0.29) is 45.7 Å². The molecule has 0 amide bonds. The smallest absolute Gasteiger partial charge is 0.114 e. The van der Waals surface area contributed by atoms with E-state index in [1.807, 2.05) is 91.0 Å². The van der Waals surface area contributed by atoms with Crippen molar-refractivity contribution in [3.05, 3.63) is 181 Å². The second kappa shape index (κ2) is 11.6. The van der Waals surface area contributed by atoms with E-state index in [4.69, 9.17) is 10.5 Å². The molecule has 1 aliphatic rings. The molecule has 8 aromatic carbocycles. The first-order valence-corrected chi connectivity index (χ1v) is 17.7. The van der Waals surface area contributed by atoms with Crippen LogP contribution in [0.25, 0.3) is 82.8 Å². The number of aromatic nitrogens is 2. The Balaban J connectivity index is 1.28. The Bertz CT molecular complexity index is 3250. The van der Waals surface area contributed by atoms with Gasteiger partial charge in [0.05, 0.1) is 22.0 Å². The van der Waals surface area contributed by atoms with Crippen molar-refractivity contribution < 1.29 is 11.0 Å². The molecule has 52 heavy (non-hydrogen) atoms. The van der Waals surface area contributed by atoms with Gasteiger partial charge in [-0.15, -0.1) is 0 Å². The monoisotopic (exact) mass is 674 g/mol. The van der Waals surface area contributed by atoms with Crippen LogP contribution < -0.4 is 0 Å². The van der Waals surface area contributed by atoms with Crippen LogP contribution in [0.4, 0.5) is 0 Å². The molecule has 0 saturated carbocycles. The molecular formula is C50H38N2. The van der Waals surface area contributed by atoms with Gasteiger partial charge in [0.1, 0.15) is 5.82 Å². The summed E-state index contributed by atoms with van der Waals surface area (Å²) in [6.07, 6.45) is 0.734. The second-order valence-corrected chi connectivity index (χ2v) is 14.0. The third-order valence-corrected chi connectivity index (χ3v) is 10.8. The summed E-state index contributed by atoms with van der Waals surface area (Å²) >= 11 is 0. The van der Waals surface area contributed by atoms with Gasteiger partial charge < -0.3 is 0 Å². The van der Waals surface area contributed by atoms with Gasteiger partial charge in [-0.05, 0) is 114 Å². The third-order valence-electron chi connectivity index (χ3n) is 10.8. The maximum absolute atomic E-state index is 9.48. The summed E-state index contributed by atoms with van der Waals surface area (Å²) < 4.78 is 75.7. The lowest BCUT2D eigenvalue weighted by molar-refractivity contribution is 0.660. The summed E-state index contributed by atoms with van der Waals surface area (Å²) in [5.74, 6) is 0.930. The van der Waals surface area contributed by atoms with Crippen molar-refractivity contribution in [1.82, 2.24) is 9.55 Å². The van der Waals surface area contributed by atoms with E-state index in [1.165, 1.54) is 5.56 Å².